The van der Waals surface area contributed by atoms with Crippen molar-refractivity contribution in [1.29, 1.82) is 0 Å². The van der Waals surface area contributed by atoms with Crippen LogP contribution in [0.1, 0.15) is 32.3 Å². The van der Waals surface area contributed by atoms with Crippen LogP contribution in [0, 0.1) is 0 Å². The van der Waals surface area contributed by atoms with Gasteiger partial charge in [0, 0.05) is 25.7 Å². The molecule has 7 nitrogen and oxygen atoms in total. The molecule has 1 aliphatic heterocycles. The number of hydrogen-bond acceptors (Lipinski definition) is 5. The molecule has 0 saturated carbocycles. The van der Waals surface area contributed by atoms with E-state index in [0.717, 1.165) is 42.7 Å². The monoisotopic (exact) mass is 388 g/mol. The number of carbonyl (C=O) groups excluding carboxylic acids is 1. The zero-order valence-electron chi connectivity index (χ0n) is 15.5. The molecular weight excluding hydrogens is 364 g/mol. The van der Waals surface area contributed by atoms with Crippen molar-refractivity contribution in [3.05, 3.63) is 42.1 Å². The van der Waals surface area contributed by atoms with Gasteiger partial charge in [0.25, 0.3) is 10.0 Å². The molecule has 0 atom stereocenters. The summed E-state index contributed by atoms with van der Waals surface area (Å²) in [6.07, 6.45) is 4.16. The standard InChI is InChI=1S/C19H24N4O3S/c1-3-10-20-16-6-9-19(21-13-16)22-27(25,26)17-7-8-18-15(12-17)5-4-11-23(18)14(2)24/h6-9,12-13,20H,3-5,10-11H2,1-2H3,(H,21,22). The lowest BCUT2D eigenvalue weighted by atomic mass is 10.0. The van der Waals surface area contributed by atoms with Crippen LogP contribution in [0.5, 0.6) is 0 Å². The van der Waals surface area contributed by atoms with Gasteiger partial charge in [-0.3, -0.25) is 9.52 Å². The van der Waals surface area contributed by atoms with Crippen LogP contribution in [0.4, 0.5) is 17.2 Å². The average Bonchev–Trinajstić information content (AvgIpc) is 2.66. The highest BCUT2D eigenvalue weighted by molar-refractivity contribution is 7.92. The molecule has 1 aromatic carbocycles. The second-order valence-electron chi connectivity index (χ2n) is 6.53. The Labute approximate surface area is 159 Å². The number of benzene rings is 1. The molecule has 0 spiro atoms. The van der Waals surface area contributed by atoms with Crippen LogP contribution in [0.25, 0.3) is 0 Å². The number of nitrogens with zero attached hydrogens (tertiary/aromatic N) is 2. The number of fused-ring (bicyclic) bond motifs is 1. The van der Waals surface area contributed by atoms with Crippen LogP contribution >= 0.6 is 0 Å². The second-order valence-corrected chi connectivity index (χ2v) is 8.21. The Kier molecular flexibility index (Phi) is 5.65. The van der Waals surface area contributed by atoms with E-state index in [1.54, 1.807) is 35.4 Å². The van der Waals surface area contributed by atoms with Crippen molar-refractivity contribution >= 4 is 33.1 Å². The second kappa shape index (κ2) is 7.96. The van der Waals surface area contributed by atoms with Gasteiger partial charge in [-0.15, -0.1) is 0 Å². The van der Waals surface area contributed by atoms with Crippen LogP contribution in [-0.2, 0) is 21.2 Å². The molecule has 0 fully saturated rings. The first kappa shape index (κ1) is 19.2. The van der Waals surface area contributed by atoms with Gasteiger partial charge in [0.15, 0.2) is 0 Å². The molecule has 1 amide bonds. The summed E-state index contributed by atoms with van der Waals surface area (Å²) >= 11 is 0. The Bertz CT molecular complexity index is 926. The van der Waals surface area contributed by atoms with Crippen LogP contribution in [-0.4, -0.2) is 32.4 Å². The molecule has 1 aromatic heterocycles. The van der Waals surface area contributed by atoms with Gasteiger partial charge in [-0.05, 0) is 55.2 Å². The minimum absolute atomic E-state index is 0.0364. The first-order valence-corrected chi connectivity index (χ1v) is 10.5. The number of aryl methyl sites for hydroxylation is 1. The van der Waals surface area contributed by atoms with Gasteiger partial charge in [-0.25, -0.2) is 13.4 Å². The number of hydrogen-bond donors (Lipinski definition) is 2. The Morgan fingerprint density at radius 3 is 2.74 bits per heavy atom. The van der Waals surface area contributed by atoms with Crippen LogP contribution in [0.15, 0.2) is 41.4 Å². The van der Waals surface area contributed by atoms with Crippen molar-refractivity contribution in [3.63, 3.8) is 0 Å². The van der Waals surface area contributed by atoms with E-state index < -0.39 is 10.0 Å². The number of aromatic nitrogens is 1. The van der Waals surface area contributed by atoms with Crippen molar-refractivity contribution in [1.82, 2.24) is 4.98 Å². The number of nitrogens with one attached hydrogen (secondary N) is 2. The summed E-state index contributed by atoms with van der Waals surface area (Å²) in [6, 6.07) is 8.29. The van der Waals surface area contributed by atoms with E-state index in [1.807, 2.05) is 0 Å². The van der Waals surface area contributed by atoms with E-state index in [9.17, 15) is 13.2 Å². The zero-order chi connectivity index (χ0) is 19.4. The zero-order valence-corrected chi connectivity index (χ0v) is 16.3. The smallest absolute Gasteiger partial charge is 0.263 e. The molecule has 1 aliphatic rings. The van der Waals surface area contributed by atoms with Crippen molar-refractivity contribution < 1.29 is 13.2 Å². The first-order valence-electron chi connectivity index (χ1n) is 9.04. The molecule has 0 bridgehead atoms. The van der Waals surface area contributed by atoms with Crippen molar-refractivity contribution in [2.75, 3.05) is 28.0 Å². The quantitative estimate of drug-likeness (QED) is 0.794. The number of rotatable bonds is 6. The van der Waals surface area contributed by atoms with Crippen molar-refractivity contribution in [2.45, 2.75) is 38.0 Å². The normalized spacial score (nSPS) is 13.8. The van der Waals surface area contributed by atoms with E-state index in [2.05, 4.69) is 21.9 Å². The maximum absolute atomic E-state index is 12.7. The Morgan fingerprint density at radius 2 is 2.07 bits per heavy atom. The third-order valence-corrected chi connectivity index (χ3v) is 5.79. The summed E-state index contributed by atoms with van der Waals surface area (Å²) in [5, 5.41) is 3.19. The van der Waals surface area contributed by atoms with Crippen LogP contribution < -0.4 is 14.9 Å². The van der Waals surface area contributed by atoms with E-state index in [-0.39, 0.29) is 16.6 Å². The van der Waals surface area contributed by atoms with Gasteiger partial charge in [0.05, 0.1) is 16.8 Å². The molecular formula is C19H24N4O3S. The van der Waals surface area contributed by atoms with Crippen molar-refractivity contribution in [2.24, 2.45) is 0 Å². The van der Waals surface area contributed by atoms with Crippen LogP contribution in [0.2, 0.25) is 0 Å². The number of sulfonamides is 1. The summed E-state index contributed by atoms with van der Waals surface area (Å²) in [7, 11) is -3.75. The first-order chi connectivity index (χ1) is 12.9. The lowest BCUT2D eigenvalue weighted by Gasteiger charge is -2.28. The number of anilines is 3. The van der Waals surface area contributed by atoms with Gasteiger partial charge in [0.1, 0.15) is 5.82 Å². The molecule has 27 heavy (non-hydrogen) atoms. The molecule has 144 valence electrons. The fourth-order valence-corrected chi connectivity index (χ4v) is 4.15. The molecule has 8 heteroatoms. The lowest BCUT2D eigenvalue weighted by molar-refractivity contribution is -0.116. The summed E-state index contributed by atoms with van der Waals surface area (Å²) in [5.41, 5.74) is 2.50. The summed E-state index contributed by atoms with van der Waals surface area (Å²) in [5.74, 6) is 0.228. The van der Waals surface area contributed by atoms with E-state index in [4.69, 9.17) is 0 Å². The third kappa shape index (κ3) is 4.39. The lowest BCUT2D eigenvalue weighted by Crippen LogP contribution is -2.33. The van der Waals surface area contributed by atoms with E-state index in [0.29, 0.717) is 6.54 Å². The van der Waals surface area contributed by atoms with E-state index >= 15 is 0 Å². The fraction of sp³-hybridized carbons (Fsp3) is 0.368. The SMILES string of the molecule is CCCNc1ccc(NS(=O)(=O)c2ccc3c(c2)CCCN3C(C)=O)nc1. The highest BCUT2D eigenvalue weighted by Gasteiger charge is 2.23. The van der Waals surface area contributed by atoms with E-state index in [1.165, 1.54) is 13.0 Å². The predicted molar refractivity (Wildman–Crippen MR) is 107 cm³/mol. The summed E-state index contributed by atoms with van der Waals surface area (Å²) in [6.45, 7) is 5.08. The highest BCUT2D eigenvalue weighted by atomic mass is 32.2. The van der Waals surface area contributed by atoms with Crippen molar-refractivity contribution in [3.8, 4) is 0 Å². The number of pyridine rings is 1. The molecule has 0 saturated heterocycles. The fourth-order valence-electron chi connectivity index (χ4n) is 3.09. The topological polar surface area (TPSA) is 91.4 Å². The van der Waals surface area contributed by atoms with Gasteiger partial charge < -0.3 is 10.2 Å². The average molecular weight is 388 g/mol. The van der Waals surface area contributed by atoms with Gasteiger partial charge >= 0.3 is 0 Å². The molecule has 0 aliphatic carbocycles. The molecule has 0 radical (unpaired) electrons. The molecule has 3 rings (SSSR count). The minimum atomic E-state index is -3.75. The van der Waals surface area contributed by atoms with Gasteiger partial charge in [-0.2, -0.15) is 0 Å². The molecule has 2 heterocycles. The highest BCUT2D eigenvalue weighted by Crippen LogP contribution is 2.30. The predicted octanol–water partition coefficient (Wildman–Crippen LogP) is 3.00. The third-order valence-electron chi connectivity index (χ3n) is 4.44. The maximum atomic E-state index is 12.7. The maximum Gasteiger partial charge on any atom is 0.263 e. The van der Waals surface area contributed by atoms with Gasteiger partial charge in [-0.1, -0.05) is 6.92 Å². The Balaban J connectivity index is 1.80. The Morgan fingerprint density at radius 1 is 1.26 bits per heavy atom. The van der Waals surface area contributed by atoms with Gasteiger partial charge in [0.2, 0.25) is 5.91 Å². The van der Waals surface area contributed by atoms with Crippen LogP contribution in [0.3, 0.4) is 0 Å². The molecule has 0 unspecified atom stereocenters. The Hall–Kier alpha value is -2.61. The summed E-state index contributed by atoms with van der Waals surface area (Å²) < 4.78 is 27.9. The molecule has 2 N–H and O–H groups in total. The number of amides is 1. The minimum Gasteiger partial charge on any atom is -0.384 e. The summed E-state index contributed by atoms with van der Waals surface area (Å²) in [4.78, 5) is 17.8. The number of carbonyl (C=O) groups is 1. The largest absolute Gasteiger partial charge is 0.384 e. The molecule has 2 aromatic rings.